The van der Waals surface area contributed by atoms with Crippen molar-refractivity contribution in [3.63, 3.8) is 0 Å². The normalized spacial score (nSPS) is 13.3. The third kappa shape index (κ3) is 1.77. The van der Waals surface area contributed by atoms with Crippen molar-refractivity contribution in [2.24, 2.45) is 5.73 Å². The monoisotopic (exact) mass is 202 g/mol. The number of para-hydroxylation sites is 1. The Morgan fingerprint density at radius 1 is 1.33 bits per heavy atom. The Morgan fingerprint density at radius 2 is 2.07 bits per heavy atom. The summed E-state index contributed by atoms with van der Waals surface area (Å²) in [5.74, 6) is 0. The largest absolute Gasteiger partial charge is 0.358 e. The SMILES string of the molecule is CCC[C@H](N)c1c(C)[nH]c2ccccc12. The van der Waals surface area contributed by atoms with E-state index in [0.717, 1.165) is 12.8 Å². The van der Waals surface area contributed by atoms with Crippen LogP contribution in [0, 0.1) is 6.92 Å². The topological polar surface area (TPSA) is 41.8 Å². The second-order valence-corrected chi connectivity index (χ2v) is 4.10. The van der Waals surface area contributed by atoms with Gasteiger partial charge in [-0.05, 0) is 25.0 Å². The van der Waals surface area contributed by atoms with E-state index in [9.17, 15) is 0 Å². The fraction of sp³-hybridized carbons (Fsp3) is 0.385. The molecule has 1 atom stereocenters. The van der Waals surface area contributed by atoms with E-state index in [0.29, 0.717) is 0 Å². The molecule has 2 heteroatoms. The van der Waals surface area contributed by atoms with Gasteiger partial charge in [0.05, 0.1) is 0 Å². The minimum Gasteiger partial charge on any atom is -0.358 e. The Morgan fingerprint density at radius 3 is 2.80 bits per heavy atom. The van der Waals surface area contributed by atoms with E-state index in [2.05, 4.69) is 37.0 Å². The van der Waals surface area contributed by atoms with Crippen molar-refractivity contribution in [2.75, 3.05) is 0 Å². The number of H-pyrrole nitrogens is 1. The molecule has 0 spiro atoms. The van der Waals surface area contributed by atoms with Gasteiger partial charge in [0.1, 0.15) is 0 Å². The van der Waals surface area contributed by atoms with E-state index in [1.807, 2.05) is 6.07 Å². The Balaban J connectivity index is 2.53. The zero-order valence-electron chi connectivity index (χ0n) is 9.38. The summed E-state index contributed by atoms with van der Waals surface area (Å²) in [5.41, 5.74) is 9.88. The summed E-state index contributed by atoms with van der Waals surface area (Å²) in [5, 5.41) is 1.27. The van der Waals surface area contributed by atoms with Crippen LogP contribution in [0.4, 0.5) is 0 Å². The van der Waals surface area contributed by atoms with E-state index < -0.39 is 0 Å². The Kier molecular flexibility index (Phi) is 2.78. The molecule has 2 nitrogen and oxygen atoms in total. The summed E-state index contributed by atoms with van der Waals surface area (Å²) >= 11 is 0. The van der Waals surface area contributed by atoms with Crippen LogP contribution in [0.5, 0.6) is 0 Å². The summed E-state index contributed by atoms with van der Waals surface area (Å²) in [6, 6.07) is 8.52. The molecule has 0 fully saturated rings. The second-order valence-electron chi connectivity index (χ2n) is 4.10. The van der Waals surface area contributed by atoms with Crippen molar-refractivity contribution in [2.45, 2.75) is 32.7 Å². The third-order valence-corrected chi connectivity index (χ3v) is 2.91. The van der Waals surface area contributed by atoms with Crippen molar-refractivity contribution >= 4 is 10.9 Å². The molecule has 0 radical (unpaired) electrons. The molecule has 1 heterocycles. The van der Waals surface area contributed by atoms with E-state index in [-0.39, 0.29) is 6.04 Å². The molecule has 0 bridgehead atoms. The maximum Gasteiger partial charge on any atom is 0.0459 e. The smallest absolute Gasteiger partial charge is 0.0459 e. The standard InChI is InChI=1S/C13H18N2/c1-3-6-11(14)13-9(2)15-12-8-5-4-7-10(12)13/h4-5,7-8,11,15H,3,6,14H2,1-2H3/t11-/m0/s1. The minimum atomic E-state index is 0.158. The molecule has 0 saturated heterocycles. The molecule has 80 valence electrons. The van der Waals surface area contributed by atoms with Crippen molar-refractivity contribution in [1.82, 2.24) is 4.98 Å². The van der Waals surface area contributed by atoms with Crippen molar-refractivity contribution in [3.05, 3.63) is 35.5 Å². The summed E-state index contributed by atoms with van der Waals surface area (Å²) in [6.45, 7) is 4.27. The van der Waals surface area contributed by atoms with E-state index in [1.165, 1.54) is 22.2 Å². The highest BCUT2D eigenvalue weighted by atomic mass is 14.7. The average molecular weight is 202 g/mol. The first kappa shape index (κ1) is 10.2. The summed E-state index contributed by atoms with van der Waals surface area (Å²) in [7, 11) is 0. The zero-order valence-corrected chi connectivity index (χ0v) is 9.38. The lowest BCUT2D eigenvalue weighted by atomic mass is 10.0. The Hall–Kier alpha value is -1.28. The van der Waals surface area contributed by atoms with Crippen LogP contribution in [0.15, 0.2) is 24.3 Å². The zero-order chi connectivity index (χ0) is 10.8. The quantitative estimate of drug-likeness (QED) is 0.788. The van der Waals surface area contributed by atoms with Crippen LogP contribution in [0.1, 0.15) is 37.1 Å². The van der Waals surface area contributed by atoms with E-state index in [1.54, 1.807) is 0 Å². The summed E-state index contributed by atoms with van der Waals surface area (Å²) in [6.07, 6.45) is 2.17. The Bertz CT molecular complexity index is 457. The number of aromatic amines is 1. The fourth-order valence-corrected chi connectivity index (χ4v) is 2.23. The van der Waals surface area contributed by atoms with Gasteiger partial charge in [0.2, 0.25) is 0 Å². The molecule has 15 heavy (non-hydrogen) atoms. The molecule has 1 aromatic carbocycles. The number of nitrogens with one attached hydrogen (secondary N) is 1. The fourth-order valence-electron chi connectivity index (χ4n) is 2.23. The maximum absolute atomic E-state index is 6.20. The van der Waals surface area contributed by atoms with Gasteiger partial charge in [0.25, 0.3) is 0 Å². The van der Waals surface area contributed by atoms with Crippen molar-refractivity contribution in [3.8, 4) is 0 Å². The number of rotatable bonds is 3. The predicted molar refractivity (Wildman–Crippen MR) is 64.9 cm³/mol. The lowest BCUT2D eigenvalue weighted by molar-refractivity contribution is 0.639. The number of hydrogen-bond donors (Lipinski definition) is 2. The first-order valence-corrected chi connectivity index (χ1v) is 5.56. The molecule has 1 aromatic heterocycles. The van der Waals surface area contributed by atoms with Gasteiger partial charge in [-0.15, -0.1) is 0 Å². The lowest BCUT2D eigenvalue weighted by Crippen LogP contribution is -2.10. The van der Waals surface area contributed by atoms with Gasteiger partial charge < -0.3 is 10.7 Å². The van der Waals surface area contributed by atoms with Gasteiger partial charge in [-0.25, -0.2) is 0 Å². The molecule has 0 aliphatic carbocycles. The molecular formula is C13H18N2. The molecule has 0 saturated carbocycles. The number of fused-ring (bicyclic) bond motifs is 1. The number of aromatic nitrogens is 1. The summed E-state index contributed by atoms with van der Waals surface area (Å²) in [4.78, 5) is 3.39. The number of hydrogen-bond acceptors (Lipinski definition) is 1. The van der Waals surface area contributed by atoms with Gasteiger partial charge in [-0.2, -0.15) is 0 Å². The van der Waals surface area contributed by atoms with Crippen LogP contribution in [-0.2, 0) is 0 Å². The van der Waals surface area contributed by atoms with E-state index >= 15 is 0 Å². The molecule has 0 amide bonds. The first-order chi connectivity index (χ1) is 7.24. The number of nitrogens with two attached hydrogens (primary N) is 1. The van der Waals surface area contributed by atoms with Crippen molar-refractivity contribution < 1.29 is 0 Å². The molecule has 3 N–H and O–H groups in total. The summed E-state index contributed by atoms with van der Waals surface area (Å²) < 4.78 is 0. The van der Waals surface area contributed by atoms with Crippen LogP contribution >= 0.6 is 0 Å². The molecule has 0 aliphatic heterocycles. The average Bonchev–Trinajstić information content (AvgIpc) is 2.54. The molecule has 2 aromatic rings. The van der Waals surface area contributed by atoms with Gasteiger partial charge >= 0.3 is 0 Å². The number of aryl methyl sites for hydroxylation is 1. The predicted octanol–water partition coefficient (Wildman–Crippen LogP) is 3.28. The van der Waals surface area contributed by atoms with E-state index in [4.69, 9.17) is 5.73 Å². The van der Waals surface area contributed by atoms with Crippen LogP contribution in [0.25, 0.3) is 10.9 Å². The minimum absolute atomic E-state index is 0.158. The van der Waals surface area contributed by atoms with Gasteiger partial charge in [-0.1, -0.05) is 31.5 Å². The Labute approximate surface area is 90.5 Å². The lowest BCUT2D eigenvalue weighted by Gasteiger charge is -2.10. The highest BCUT2D eigenvalue weighted by Gasteiger charge is 2.13. The van der Waals surface area contributed by atoms with Crippen molar-refractivity contribution in [1.29, 1.82) is 0 Å². The highest BCUT2D eigenvalue weighted by molar-refractivity contribution is 5.85. The van der Waals surface area contributed by atoms with Crippen LogP contribution in [0.3, 0.4) is 0 Å². The highest BCUT2D eigenvalue weighted by Crippen LogP contribution is 2.28. The van der Waals surface area contributed by atoms with Crippen LogP contribution < -0.4 is 5.73 Å². The van der Waals surface area contributed by atoms with Gasteiger partial charge in [0.15, 0.2) is 0 Å². The van der Waals surface area contributed by atoms with Crippen LogP contribution in [-0.4, -0.2) is 4.98 Å². The first-order valence-electron chi connectivity index (χ1n) is 5.56. The molecule has 2 rings (SSSR count). The second kappa shape index (κ2) is 4.07. The maximum atomic E-state index is 6.20. The van der Waals surface area contributed by atoms with Crippen LogP contribution in [0.2, 0.25) is 0 Å². The van der Waals surface area contributed by atoms with Gasteiger partial charge in [0, 0.05) is 22.6 Å². The molecule has 0 unspecified atom stereocenters. The van der Waals surface area contributed by atoms with Gasteiger partial charge in [-0.3, -0.25) is 0 Å². The molecular weight excluding hydrogens is 184 g/mol. The molecule has 0 aliphatic rings. The third-order valence-electron chi connectivity index (χ3n) is 2.91. The number of benzene rings is 1.